The van der Waals surface area contributed by atoms with Gasteiger partial charge in [-0.1, -0.05) is 11.6 Å². The van der Waals surface area contributed by atoms with E-state index in [4.69, 9.17) is 21.1 Å². The zero-order valence-corrected chi connectivity index (χ0v) is 14.0. The Bertz CT molecular complexity index is 445. The highest BCUT2D eigenvalue weighted by molar-refractivity contribution is 7.16. The lowest BCUT2D eigenvalue weighted by molar-refractivity contribution is 0.0165. The van der Waals surface area contributed by atoms with E-state index in [-0.39, 0.29) is 0 Å². The van der Waals surface area contributed by atoms with Crippen LogP contribution in [0.1, 0.15) is 48.6 Å². The third-order valence-corrected chi connectivity index (χ3v) is 5.61. The summed E-state index contributed by atoms with van der Waals surface area (Å²) in [6.07, 6.45) is 7.40. The van der Waals surface area contributed by atoms with Crippen molar-refractivity contribution in [2.45, 2.75) is 50.7 Å². The maximum Gasteiger partial charge on any atom is 0.0934 e. The smallest absolute Gasteiger partial charge is 0.0934 e. The lowest BCUT2D eigenvalue weighted by Gasteiger charge is -2.23. The maximum absolute atomic E-state index is 6.14. The first-order valence-electron chi connectivity index (χ1n) is 8.04. The van der Waals surface area contributed by atoms with Crippen molar-refractivity contribution in [1.82, 2.24) is 5.32 Å². The summed E-state index contributed by atoms with van der Waals surface area (Å²) in [4.78, 5) is 1.47. The van der Waals surface area contributed by atoms with E-state index in [1.165, 1.54) is 36.1 Å². The fraction of sp³-hybridized carbons (Fsp3) is 0.750. The highest BCUT2D eigenvalue weighted by atomic mass is 35.5. The van der Waals surface area contributed by atoms with Crippen LogP contribution >= 0.6 is 22.9 Å². The molecule has 1 aromatic rings. The minimum Gasteiger partial charge on any atom is -0.379 e. The van der Waals surface area contributed by atoms with Crippen molar-refractivity contribution >= 4 is 22.9 Å². The Morgan fingerprint density at radius 1 is 1.38 bits per heavy atom. The van der Waals surface area contributed by atoms with E-state index in [9.17, 15) is 0 Å². The highest BCUT2D eigenvalue weighted by Gasteiger charge is 2.22. The number of hydrogen-bond acceptors (Lipinski definition) is 4. The van der Waals surface area contributed by atoms with Crippen LogP contribution in [0.2, 0.25) is 4.34 Å². The minimum absolute atomic E-state index is 0.340. The summed E-state index contributed by atoms with van der Waals surface area (Å²) in [5, 5.41) is 3.66. The molecule has 0 spiro atoms. The fourth-order valence-electron chi connectivity index (χ4n) is 3.17. The second-order valence-electron chi connectivity index (χ2n) is 5.89. The minimum atomic E-state index is 0.340. The van der Waals surface area contributed by atoms with Crippen molar-refractivity contribution in [2.75, 3.05) is 26.4 Å². The number of nitrogens with one attached hydrogen (secondary N) is 1. The first-order chi connectivity index (χ1) is 10.3. The predicted octanol–water partition coefficient (Wildman–Crippen LogP) is 3.95. The highest BCUT2D eigenvalue weighted by Crippen LogP contribution is 2.37. The van der Waals surface area contributed by atoms with E-state index < -0.39 is 0 Å². The van der Waals surface area contributed by atoms with Crippen molar-refractivity contribution in [3.8, 4) is 0 Å². The molecule has 0 bridgehead atoms. The first-order valence-corrected chi connectivity index (χ1v) is 9.23. The third-order valence-electron chi connectivity index (χ3n) is 4.27. The Morgan fingerprint density at radius 3 is 3.19 bits per heavy atom. The Hall–Kier alpha value is -0.130. The number of hydrogen-bond donors (Lipinski definition) is 1. The molecule has 0 radical (unpaired) electrons. The molecule has 3 nitrogen and oxygen atoms in total. The van der Waals surface area contributed by atoms with Gasteiger partial charge in [0.25, 0.3) is 0 Å². The largest absolute Gasteiger partial charge is 0.379 e. The molecule has 1 saturated heterocycles. The van der Waals surface area contributed by atoms with Gasteiger partial charge in [0, 0.05) is 24.1 Å². The Morgan fingerprint density at radius 2 is 2.33 bits per heavy atom. The van der Waals surface area contributed by atoms with Crippen LogP contribution in [0.3, 0.4) is 0 Å². The van der Waals surface area contributed by atoms with E-state index in [1.54, 1.807) is 11.3 Å². The Kier molecular flexibility index (Phi) is 5.95. The molecular formula is C16H24ClNO2S. The normalized spacial score (nSPS) is 25.2. The van der Waals surface area contributed by atoms with Gasteiger partial charge in [-0.15, -0.1) is 11.3 Å². The van der Waals surface area contributed by atoms with Gasteiger partial charge < -0.3 is 14.8 Å². The van der Waals surface area contributed by atoms with E-state index in [0.717, 1.165) is 43.5 Å². The molecule has 0 saturated carbocycles. The summed E-state index contributed by atoms with van der Waals surface area (Å²) in [5.74, 6) is 0. The first kappa shape index (κ1) is 15.8. The van der Waals surface area contributed by atoms with E-state index in [2.05, 4.69) is 11.4 Å². The van der Waals surface area contributed by atoms with Gasteiger partial charge in [-0.25, -0.2) is 0 Å². The number of fused-ring (bicyclic) bond motifs is 1. The standard InChI is InChI=1S/C16H24ClNO2S/c17-16-10-13-14(5-1-6-15(13)21-16)18-7-3-8-19-11-12-4-2-9-20-12/h10,12,14,18H,1-9,11H2. The van der Waals surface area contributed by atoms with Crippen LogP contribution in [-0.2, 0) is 15.9 Å². The van der Waals surface area contributed by atoms with Gasteiger partial charge in [0.1, 0.15) is 0 Å². The third kappa shape index (κ3) is 4.42. The van der Waals surface area contributed by atoms with E-state index >= 15 is 0 Å². The van der Waals surface area contributed by atoms with E-state index in [0.29, 0.717) is 12.1 Å². The summed E-state index contributed by atoms with van der Waals surface area (Å²) < 4.78 is 12.2. The van der Waals surface area contributed by atoms with Crippen LogP contribution in [0.4, 0.5) is 0 Å². The molecule has 2 aliphatic rings. The summed E-state index contributed by atoms with van der Waals surface area (Å²) in [6, 6.07) is 2.63. The van der Waals surface area contributed by atoms with Gasteiger partial charge in [-0.2, -0.15) is 0 Å². The monoisotopic (exact) mass is 329 g/mol. The van der Waals surface area contributed by atoms with Gasteiger partial charge in [0.2, 0.25) is 0 Å². The Balaban J connectivity index is 1.32. The lowest BCUT2D eigenvalue weighted by atomic mass is 9.94. The number of halogens is 1. The topological polar surface area (TPSA) is 30.5 Å². The van der Waals surface area contributed by atoms with Crippen molar-refractivity contribution < 1.29 is 9.47 Å². The average Bonchev–Trinajstić information content (AvgIpc) is 3.11. The molecule has 2 heterocycles. The van der Waals surface area contributed by atoms with Crippen LogP contribution in [0, 0.1) is 0 Å². The molecule has 1 aliphatic carbocycles. The van der Waals surface area contributed by atoms with Crippen molar-refractivity contribution in [3.63, 3.8) is 0 Å². The number of aryl methyl sites for hydroxylation is 1. The summed E-state index contributed by atoms with van der Waals surface area (Å²) in [6.45, 7) is 3.48. The predicted molar refractivity (Wildman–Crippen MR) is 87.4 cm³/mol. The maximum atomic E-state index is 6.14. The zero-order valence-electron chi connectivity index (χ0n) is 12.4. The molecular weight excluding hydrogens is 306 g/mol. The molecule has 2 unspecified atom stereocenters. The molecule has 3 rings (SSSR count). The fourth-order valence-corrected chi connectivity index (χ4v) is 4.56. The molecule has 1 fully saturated rings. The SMILES string of the molecule is Clc1cc2c(s1)CCCC2NCCCOCC1CCCO1. The molecule has 118 valence electrons. The number of thiophene rings is 1. The quantitative estimate of drug-likeness (QED) is 0.768. The van der Waals surface area contributed by atoms with Crippen molar-refractivity contribution in [2.24, 2.45) is 0 Å². The van der Waals surface area contributed by atoms with Gasteiger partial charge in [0.05, 0.1) is 17.0 Å². The molecule has 5 heteroatoms. The molecule has 2 atom stereocenters. The molecule has 1 N–H and O–H groups in total. The van der Waals surface area contributed by atoms with Crippen molar-refractivity contribution in [1.29, 1.82) is 0 Å². The lowest BCUT2D eigenvalue weighted by Crippen LogP contribution is -2.26. The number of rotatable bonds is 7. The van der Waals surface area contributed by atoms with Gasteiger partial charge in [-0.3, -0.25) is 0 Å². The molecule has 1 aliphatic heterocycles. The molecule has 0 amide bonds. The van der Waals surface area contributed by atoms with Gasteiger partial charge in [-0.05, 0) is 56.7 Å². The summed E-state index contributed by atoms with van der Waals surface area (Å²) in [7, 11) is 0. The van der Waals surface area contributed by atoms with Gasteiger partial charge in [0.15, 0.2) is 0 Å². The summed E-state index contributed by atoms with van der Waals surface area (Å²) in [5.41, 5.74) is 1.43. The van der Waals surface area contributed by atoms with Crippen LogP contribution in [-0.4, -0.2) is 32.5 Å². The van der Waals surface area contributed by atoms with Gasteiger partial charge >= 0.3 is 0 Å². The Labute approximate surface area is 136 Å². The second-order valence-corrected chi connectivity index (χ2v) is 7.66. The van der Waals surface area contributed by atoms with Crippen LogP contribution in [0.25, 0.3) is 0 Å². The van der Waals surface area contributed by atoms with Crippen molar-refractivity contribution in [3.05, 3.63) is 20.8 Å². The molecule has 1 aromatic heterocycles. The molecule has 21 heavy (non-hydrogen) atoms. The van der Waals surface area contributed by atoms with Crippen LogP contribution < -0.4 is 5.32 Å². The van der Waals surface area contributed by atoms with E-state index in [1.807, 2.05) is 0 Å². The summed E-state index contributed by atoms with van der Waals surface area (Å²) >= 11 is 7.88. The van der Waals surface area contributed by atoms with Crippen LogP contribution in [0.15, 0.2) is 6.07 Å². The molecule has 0 aromatic carbocycles. The van der Waals surface area contributed by atoms with Crippen LogP contribution in [0.5, 0.6) is 0 Å². The second kappa shape index (κ2) is 7.93. The average molecular weight is 330 g/mol. The number of ether oxygens (including phenoxy) is 2. The zero-order chi connectivity index (χ0) is 14.5.